The van der Waals surface area contributed by atoms with Crippen molar-refractivity contribution in [3.63, 3.8) is 0 Å². The van der Waals surface area contributed by atoms with Crippen LogP contribution in [0, 0.1) is 0 Å². The number of hydrogen-bond acceptors (Lipinski definition) is 3. The lowest BCUT2D eigenvalue weighted by Gasteiger charge is -2.11. The van der Waals surface area contributed by atoms with Crippen LogP contribution >= 0.6 is 0 Å². The van der Waals surface area contributed by atoms with Crippen molar-refractivity contribution in [3.8, 4) is 11.5 Å². The summed E-state index contributed by atoms with van der Waals surface area (Å²) >= 11 is 0. The Bertz CT molecular complexity index is 802. The lowest BCUT2D eigenvalue weighted by molar-refractivity contribution is 0.306. The van der Waals surface area contributed by atoms with Crippen LogP contribution in [0.3, 0.4) is 0 Å². The molecule has 0 saturated heterocycles. The molecule has 0 amide bonds. The van der Waals surface area contributed by atoms with Gasteiger partial charge in [0.1, 0.15) is 18.1 Å². The Hall–Kier alpha value is -2.94. The molecule has 0 unspecified atom stereocenters. The molecule has 3 aromatic rings. The average molecular weight is 347 g/mol. The molecule has 0 fully saturated rings. The Labute approximate surface area is 155 Å². The maximum absolute atomic E-state index is 5.89. The Morgan fingerprint density at radius 1 is 0.731 bits per heavy atom. The van der Waals surface area contributed by atoms with Crippen LogP contribution in [0.1, 0.15) is 24.5 Å². The SMILES string of the molecule is CCCOc1cccc(CNc2cccc(OCc3ccccc3)c2)c1. The first-order valence-electron chi connectivity index (χ1n) is 9.06. The summed E-state index contributed by atoms with van der Waals surface area (Å²) < 4.78 is 11.6. The first-order valence-corrected chi connectivity index (χ1v) is 9.06. The van der Waals surface area contributed by atoms with Crippen LogP contribution < -0.4 is 14.8 Å². The zero-order valence-corrected chi connectivity index (χ0v) is 15.2. The number of hydrogen-bond donors (Lipinski definition) is 1. The summed E-state index contributed by atoms with van der Waals surface area (Å²) in [6.07, 6.45) is 1.01. The minimum Gasteiger partial charge on any atom is -0.494 e. The summed E-state index contributed by atoms with van der Waals surface area (Å²) in [7, 11) is 0. The predicted octanol–water partition coefficient (Wildman–Crippen LogP) is 5.67. The lowest BCUT2D eigenvalue weighted by Crippen LogP contribution is -2.01. The van der Waals surface area contributed by atoms with Crippen LogP contribution in [0.4, 0.5) is 5.69 Å². The van der Waals surface area contributed by atoms with Gasteiger partial charge in [-0.25, -0.2) is 0 Å². The van der Waals surface area contributed by atoms with Crippen molar-refractivity contribution in [2.75, 3.05) is 11.9 Å². The van der Waals surface area contributed by atoms with E-state index in [0.29, 0.717) is 6.61 Å². The van der Waals surface area contributed by atoms with Gasteiger partial charge in [0.2, 0.25) is 0 Å². The molecule has 0 aliphatic heterocycles. The topological polar surface area (TPSA) is 30.5 Å². The van der Waals surface area contributed by atoms with Gasteiger partial charge < -0.3 is 14.8 Å². The summed E-state index contributed by atoms with van der Waals surface area (Å²) in [6, 6.07) is 26.5. The van der Waals surface area contributed by atoms with E-state index in [4.69, 9.17) is 9.47 Å². The van der Waals surface area contributed by atoms with E-state index < -0.39 is 0 Å². The molecule has 3 aromatic carbocycles. The summed E-state index contributed by atoms with van der Waals surface area (Å²) in [5.41, 5.74) is 3.39. The lowest BCUT2D eigenvalue weighted by atomic mass is 10.2. The van der Waals surface area contributed by atoms with Gasteiger partial charge in [0, 0.05) is 18.3 Å². The number of rotatable bonds is 9. The Kier molecular flexibility index (Phi) is 6.54. The van der Waals surface area contributed by atoms with Gasteiger partial charge in [-0.2, -0.15) is 0 Å². The van der Waals surface area contributed by atoms with Crippen LogP contribution in [0.2, 0.25) is 0 Å². The number of ether oxygens (including phenoxy) is 2. The van der Waals surface area contributed by atoms with Crippen molar-refractivity contribution in [2.24, 2.45) is 0 Å². The minimum atomic E-state index is 0.571. The van der Waals surface area contributed by atoms with Crippen LogP contribution in [-0.4, -0.2) is 6.61 Å². The molecule has 0 spiro atoms. The fraction of sp³-hybridized carbons (Fsp3) is 0.217. The van der Waals surface area contributed by atoms with E-state index in [1.54, 1.807) is 0 Å². The predicted molar refractivity (Wildman–Crippen MR) is 107 cm³/mol. The van der Waals surface area contributed by atoms with E-state index in [1.807, 2.05) is 54.6 Å². The largest absolute Gasteiger partial charge is 0.494 e. The second-order valence-electron chi connectivity index (χ2n) is 6.15. The van der Waals surface area contributed by atoms with Crippen LogP contribution in [0.5, 0.6) is 11.5 Å². The van der Waals surface area contributed by atoms with Gasteiger partial charge in [0.15, 0.2) is 0 Å². The van der Waals surface area contributed by atoms with E-state index in [1.165, 1.54) is 5.56 Å². The van der Waals surface area contributed by atoms with Gasteiger partial charge in [-0.05, 0) is 41.8 Å². The third-order valence-corrected chi connectivity index (χ3v) is 3.95. The van der Waals surface area contributed by atoms with E-state index >= 15 is 0 Å². The fourth-order valence-corrected chi connectivity index (χ4v) is 2.61. The fourth-order valence-electron chi connectivity index (χ4n) is 2.61. The Morgan fingerprint density at radius 2 is 1.46 bits per heavy atom. The van der Waals surface area contributed by atoms with Crippen molar-refractivity contribution in [3.05, 3.63) is 90.0 Å². The standard InChI is InChI=1S/C23H25NO2/c1-2-14-25-22-12-6-10-20(15-22)17-24-21-11-7-13-23(16-21)26-18-19-8-4-3-5-9-19/h3-13,15-16,24H,2,14,17-18H2,1H3. The highest BCUT2D eigenvalue weighted by Gasteiger charge is 2.00. The number of nitrogens with one attached hydrogen (secondary N) is 1. The summed E-state index contributed by atoms with van der Waals surface area (Å²) in [5, 5.41) is 3.45. The molecule has 3 rings (SSSR count). The zero-order chi connectivity index (χ0) is 18.0. The molecule has 0 atom stereocenters. The number of benzene rings is 3. The number of anilines is 1. The van der Waals surface area contributed by atoms with Crippen molar-refractivity contribution >= 4 is 5.69 Å². The molecule has 0 heterocycles. The molecular weight excluding hydrogens is 322 g/mol. The highest BCUT2D eigenvalue weighted by molar-refractivity contribution is 5.48. The molecule has 3 heteroatoms. The van der Waals surface area contributed by atoms with Crippen molar-refractivity contribution in [1.29, 1.82) is 0 Å². The molecule has 0 saturated carbocycles. The molecule has 0 aromatic heterocycles. The zero-order valence-electron chi connectivity index (χ0n) is 15.2. The minimum absolute atomic E-state index is 0.571. The van der Waals surface area contributed by atoms with Crippen LogP contribution in [0.15, 0.2) is 78.9 Å². The molecule has 0 radical (unpaired) electrons. The molecule has 0 bridgehead atoms. The van der Waals surface area contributed by atoms with E-state index in [-0.39, 0.29) is 0 Å². The van der Waals surface area contributed by atoms with E-state index in [2.05, 4.69) is 36.5 Å². The maximum atomic E-state index is 5.89. The summed E-state index contributed by atoms with van der Waals surface area (Å²) in [5.74, 6) is 1.78. The second-order valence-corrected chi connectivity index (χ2v) is 6.15. The average Bonchev–Trinajstić information content (AvgIpc) is 2.71. The second kappa shape index (κ2) is 9.52. The smallest absolute Gasteiger partial charge is 0.121 e. The third-order valence-electron chi connectivity index (χ3n) is 3.95. The van der Waals surface area contributed by atoms with Gasteiger partial charge in [-0.3, -0.25) is 0 Å². The normalized spacial score (nSPS) is 10.3. The van der Waals surface area contributed by atoms with Gasteiger partial charge in [0.25, 0.3) is 0 Å². The molecule has 0 aliphatic rings. The maximum Gasteiger partial charge on any atom is 0.121 e. The molecule has 134 valence electrons. The Balaban J connectivity index is 1.55. The van der Waals surface area contributed by atoms with Crippen molar-refractivity contribution < 1.29 is 9.47 Å². The van der Waals surface area contributed by atoms with Crippen LogP contribution in [-0.2, 0) is 13.2 Å². The van der Waals surface area contributed by atoms with Crippen molar-refractivity contribution in [1.82, 2.24) is 0 Å². The first-order chi connectivity index (χ1) is 12.8. The Morgan fingerprint density at radius 3 is 2.27 bits per heavy atom. The quantitative estimate of drug-likeness (QED) is 0.541. The molecular formula is C23H25NO2. The van der Waals surface area contributed by atoms with E-state index in [0.717, 1.165) is 42.3 Å². The highest BCUT2D eigenvalue weighted by Crippen LogP contribution is 2.20. The molecule has 1 N–H and O–H groups in total. The van der Waals surface area contributed by atoms with Gasteiger partial charge >= 0.3 is 0 Å². The molecule has 26 heavy (non-hydrogen) atoms. The van der Waals surface area contributed by atoms with Gasteiger partial charge in [-0.1, -0.05) is 55.5 Å². The molecule has 3 nitrogen and oxygen atoms in total. The monoisotopic (exact) mass is 347 g/mol. The van der Waals surface area contributed by atoms with Gasteiger partial charge in [-0.15, -0.1) is 0 Å². The van der Waals surface area contributed by atoms with E-state index in [9.17, 15) is 0 Å². The molecule has 0 aliphatic carbocycles. The first kappa shape index (κ1) is 17.9. The summed E-state index contributed by atoms with van der Waals surface area (Å²) in [6.45, 7) is 4.17. The third kappa shape index (κ3) is 5.55. The van der Waals surface area contributed by atoms with Crippen LogP contribution in [0.25, 0.3) is 0 Å². The highest BCUT2D eigenvalue weighted by atomic mass is 16.5. The van der Waals surface area contributed by atoms with Gasteiger partial charge in [0.05, 0.1) is 6.61 Å². The van der Waals surface area contributed by atoms with Crippen molar-refractivity contribution in [2.45, 2.75) is 26.5 Å². The summed E-state index contributed by atoms with van der Waals surface area (Å²) in [4.78, 5) is 0.